The fraction of sp³-hybridized carbons (Fsp3) is 0.882. The Labute approximate surface area is 135 Å². The Morgan fingerprint density at radius 2 is 1.73 bits per heavy atom. The Morgan fingerprint density at radius 3 is 2.32 bits per heavy atom. The lowest BCUT2D eigenvalue weighted by Crippen LogP contribution is -2.38. The van der Waals surface area contributed by atoms with Gasteiger partial charge in [0.25, 0.3) is 0 Å². The highest BCUT2D eigenvalue weighted by molar-refractivity contribution is 5.82. The lowest BCUT2D eigenvalue weighted by Gasteiger charge is -2.30. The Kier molecular flexibility index (Phi) is 7.87. The molecule has 1 saturated heterocycles. The maximum atomic E-state index is 11.7. The number of hydrogen-bond donors (Lipinski definition) is 2. The summed E-state index contributed by atoms with van der Waals surface area (Å²) in [5, 5.41) is 5.72. The van der Waals surface area contributed by atoms with Crippen LogP contribution in [0.2, 0.25) is 0 Å². The van der Waals surface area contributed by atoms with Crippen LogP contribution in [0.1, 0.15) is 53.4 Å². The van der Waals surface area contributed by atoms with E-state index < -0.39 is 5.41 Å². The van der Waals surface area contributed by atoms with Crippen LogP contribution in [-0.4, -0.2) is 49.4 Å². The van der Waals surface area contributed by atoms with Crippen molar-refractivity contribution in [3.8, 4) is 0 Å². The molecular formula is C17H33N3O2. The molecule has 128 valence electrons. The van der Waals surface area contributed by atoms with Crippen LogP contribution in [0.15, 0.2) is 0 Å². The predicted molar refractivity (Wildman–Crippen MR) is 89.5 cm³/mol. The molecule has 5 nitrogen and oxygen atoms in total. The van der Waals surface area contributed by atoms with Crippen LogP contribution in [0, 0.1) is 11.3 Å². The first-order valence-electron chi connectivity index (χ1n) is 8.56. The van der Waals surface area contributed by atoms with E-state index in [4.69, 9.17) is 0 Å². The number of likely N-dealkylation sites (tertiary alicyclic amines) is 1. The molecule has 0 aromatic carbocycles. The van der Waals surface area contributed by atoms with Crippen LogP contribution in [-0.2, 0) is 9.59 Å². The second-order valence-electron chi connectivity index (χ2n) is 7.48. The number of nitrogens with one attached hydrogen (secondary N) is 2. The molecule has 0 aliphatic carbocycles. The van der Waals surface area contributed by atoms with Gasteiger partial charge in [-0.2, -0.15) is 0 Å². The van der Waals surface area contributed by atoms with E-state index in [9.17, 15) is 9.59 Å². The second-order valence-corrected chi connectivity index (χ2v) is 7.48. The summed E-state index contributed by atoms with van der Waals surface area (Å²) >= 11 is 0. The van der Waals surface area contributed by atoms with Crippen LogP contribution in [0.4, 0.5) is 0 Å². The molecule has 1 aliphatic heterocycles. The zero-order valence-corrected chi connectivity index (χ0v) is 14.7. The van der Waals surface area contributed by atoms with Gasteiger partial charge in [-0.25, -0.2) is 0 Å². The third-order valence-electron chi connectivity index (χ3n) is 4.17. The summed E-state index contributed by atoms with van der Waals surface area (Å²) in [6.07, 6.45) is 3.93. The van der Waals surface area contributed by atoms with E-state index in [1.165, 1.54) is 25.9 Å². The first-order valence-corrected chi connectivity index (χ1v) is 8.56. The van der Waals surface area contributed by atoms with E-state index in [0.29, 0.717) is 13.0 Å². The Bertz CT molecular complexity index is 355. The highest BCUT2D eigenvalue weighted by atomic mass is 16.2. The molecule has 0 spiro atoms. The molecule has 0 aromatic rings. The van der Waals surface area contributed by atoms with Crippen molar-refractivity contribution in [2.75, 3.05) is 32.7 Å². The van der Waals surface area contributed by atoms with E-state index >= 15 is 0 Å². The van der Waals surface area contributed by atoms with Gasteiger partial charge in [-0.3, -0.25) is 9.59 Å². The summed E-state index contributed by atoms with van der Waals surface area (Å²) in [5.74, 6) is 0.861. The molecule has 0 saturated carbocycles. The van der Waals surface area contributed by atoms with Crippen molar-refractivity contribution in [3.63, 3.8) is 0 Å². The highest BCUT2D eigenvalue weighted by Gasteiger charge is 2.20. The van der Waals surface area contributed by atoms with Gasteiger partial charge >= 0.3 is 0 Å². The summed E-state index contributed by atoms with van der Waals surface area (Å²) in [6, 6.07) is 0. The van der Waals surface area contributed by atoms with Gasteiger partial charge in [0.1, 0.15) is 0 Å². The van der Waals surface area contributed by atoms with Crippen molar-refractivity contribution < 1.29 is 9.59 Å². The fourth-order valence-corrected chi connectivity index (χ4v) is 2.46. The van der Waals surface area contributed by atoms with Crippen molar-refractivity contribution in [2.24, 2.45) is 11.3 Å². The topological polar surface area (TPSA) is 61.4 Å². The standard InChI is InChI=1S/C17H33N3O2/c1-14-7-12-20(13-8-14)11-5-9-18-15(21)6-10-19-16(22)17(2,3)4/h14H,5-13H2,1-4H3,(H,18,21)(H,19,22). The molecule has 0 aromatic heterocycles. The quantitative estimate of drug-likeness (QED) is 0.705. The maximum Gasteiger partial charge on any atom is 0.225 e. The number of piperidine rings is 1. The number of rotatable bonds is 7. The van der Waals surface area contributed by atoms with Crippen molar-refractivity contribution in [3.05, 3.63) is 0 Å². The summed E-state index contributed by atoms with van der Waals surface area (Å²) in [5.41, 5.74) is -0.400. The van der Waals surface area contributed by atoms with Crippen molar-refractivity contribution in [1.82, 2.24) is 15.5 Å². The minimum Gasteiger partial charge on any atom is -0.356 e. The third-order valence-corrected chi connectivity index (χ3v) is 4.17. The number of hydrogen-bond acceptors (Lipinski definition) is 3. The van der Waals surface area contributed by atoms with Gasteiger partial charge in [-0.15, -0.1) is 0 Å². The lowest BCUT2D eigenvalue weighted by molar-refractivity contribution is -0.128. The zero-order valence-electron chi connectivity index (χ0n) is 14.7. The molecule has 0 bridgehead atoms. The maximum absolute atomic E-state index is 11.7. The second kappa shape index (κ2) is 9.13. The molecule has 5 heteroatoms. The number of amides is 2. The van der Waals surface area contributed by atoms with Crippen LogP contribution < -0.4 is 10.6 Å². The molecule has 1 heterocycles. The first-order chi connectivity index (χ1) is 10.3. The Balaban J connectivity index is 2.01. The van der Waals surface area contributed by atoms with Crippen molar-refractivity contribution in [2.45, 2.75) is 53.4 Å². The van der Waals surface area contributed by atoms with Crippen LogP contribution in [0.25, 0.3) is 0 Å². The van der Waals surface area contributed by atoms with Gasteiger partial charge in [0.2, 0.25) is 11.8 Å². The van der Waals surface area contributed by atoms with Crippen molar-refractivity contribution in [1.29, 1.82) is 0 Å². The lowest BCUT2D eigenvalue weighted by atomic mass is 9.96. The molecule has 22 heavy (non-hydrogen) atoms. The van der Waals surface area contributed by atoms with Crippen molar-refractivity contribution >= 4 is 11.8 Å². The van der Waals surface area contributed by atoms with Gasteiger partial charge < -0.3 is 15.5 Å². The molecule has 2 amide bonds. The van der Waals surface area contributed by atoms with Crippen LogP contribution in [0.3, 0.4) is 0 Å². The Hall–Kier alpha value is -1.10. The SMILES string of the molecule is CC1CCN(CCCNC(=O)CCNC(=O)C(C)(C)C)CC1. The molecular weight excluding hydrogens is 278 g/mol. The van der Waals surface area contributed by atoms with Gasteiger partial charge in [0.05, 0.1) is 0 Å². The summed E-state index contributed by atoms with van der Waals surface area (Å²) in [6.45, 7) is 12.5. The third kappa shape index (κ3) is 7.78. The van der Waals surface area contributed by atoms with Gasteiger partial charge in [0, 0.05) is 24.9 Å². The predicted octanol–water partition coefficient (Wildman–Crippen LogP) is 1.78. The average Bonchev–Trinajstić information content (AvgIpc) is 2.44. The van der Waals surface area contributed by atoms with E-state index in [1.807, 2.05) is 20.8 Å². The summed E-state index contributed by atoms with van der Waals surface area (Å²) in [7, 11) is 0. The van der Waals surface area contributed by atoms with Gasteiger partial charge in [-0.1, -0.05) is 27.7 Å². The van der Waals surface area contributed by atoms with E-state index in [1.54, 1.807) is 0 Å². The summed E-state index contributed by atoms with van der Waals surface area (Å²) in [4.78, 5) is 25.8. The molecule has 1 aliphatic rings. The van der Waals surface area contributed by atoms with Gasteiger partial charge in [0.15, 0.2) is 0 Å². The summed E-state index contributed by atoms with van der Waals surface area (Å²) < 4.78 is 0. The minimum absolute atomic E-state index is 0.0142. The highest BCUT2D eigenvalue weighted by Crippen LogP contribution is 2.15. The Morgan fingerprint density at radius 1 is 1.09 bits per heavy atom. The fourth-order valence-electron chi connectivity index (χ4n) is 2.46. The molecule has 0 radical (unpaired) electrons. The molecule has 0 atom stereocenters. The van der Waals surface area contributed by atoms with Crippen LogP contribution >= 0.6 is 0 Å². The first kappa shape index (κ1) is 18.9. The zero-order chi connectivity index (χ0) is 16.6. The molecule has 1 fully saturated rings. The monoisotopic (exact) mass is 311 g/mol. The molecule has 1 rings (SSSR count). The van der Waals surface area contributed by atoms with E-state index in [2.05, 4.69) is 22.5 Å². The van der Waals surface area contributed by atoms with Crippen LogP contribution in [0.5, 0.6) is 0 Å². The van der Waals surface area contributed by atoms with E-state index in [-0.39, 0.29) is 11.8 Å². The minimum atomic E-state index is -0.400. The normalized spacial score (nSPS) is 17.3. The molecule has 0 unspecified atom stereocenters. The number of carbonyl (C=O) groups is 2. The van der Waals surface area contributed by atoms with E-state index in [0.717, 1.165) is 25.4 Å². The number of nitrogens with zero attached hydrogens (tertiary/aromatic N) is 1. The number of carbonyl (C=O) groups excluding carboxylic acids is 2. The van der Waals surface area contributed by atoms with Gasteiger partial charge in [-0.05, 0) is 44.8 Å². The smallest absolute Gasteiger partial charge is 0.225 e. The molecule has 2 N–H and O–H groups in total. The largest absolute Gasteiger partial charge is 0.356 e. The average molecular weight is 311 g/mol.